The number of halogens is 1. The molecular weight excluding hydrogens is 399 g/mol. The molecule has 3 heterocycles. The number of carbonyl (C=O) groups is 3. The van der Waals surface area contributed by atoms with Gasteiger partial charge < -0.3 is 15.1 Å². The third-order valence-corrected chi connectivity index (χ3v) is 7.03. The third kappa shape index (κ3) is 4.31. The van der Waals surface area contributed by atoms with Crippen LogP contribution in [0.5, 0.6) is 0 Å². The fraction of sp³-hybridized carbons (Fsp3) is 0.609. The average Bonchev–Trinajstić information content (AvgIpc) is 3.02. The number of rotatable bonds is 5. The van der Waals surface area contributed by atoms with E-state index in [2.05, 4.69) is 17.1 Å². The van der Waals surface area contributed by atoms with Crippen molar-refractivity contribution in [3.8, 4) is 0 Å². The Kier molecular flexibility index (Phi) is 6.27. The van der Waals surface area contributed by atoms with Crippen LogP contribution in [-0.2, 0) is 16.0 Å². The summed E-state index contributed by atoms with van der Waals surface area (Å²) in [4.78, 5) is 44.2. The maximum Gasteiger partial charge on any atom is 0.325 e. The molecule has 8 heteroatoms. The lowest BCUT2D eigenvalue weighted by Gasteiger charge is -2.39. The lowest BCUT2D eigenvalue weighted by molar-refractivity contribution is -0.139. The van der Waals surface area contributed by atoms with E-state index < -0.39 is 5.54 Å². The molecule has 0 radical (unpaired) electrons. The Bertz CT molecular complexity index is 853. The molecule has 31 heavy (non-hydrogen) atoms. The molecule has 3 saturated heterocycles. The minimum atomic E-state index is -0.792. The number of benzene rings is 1. The molecule has 0 bridgehead atoms. The van der Waals surface area contributed by atoms with Gasteiger partial charge in [-0.3, -0.25) is 14.5 Å². The van der Waals surface area contributed by atoms with E-state index in [1.165, 1.54) is 11.0 Å². The van der Waals surface area contributed by atoms with E-state index in [1.54, 1.807) is 23.1 Å². The molecule has 1 aromatic rings. The molecule has 168 valence electrons. The molecule has 1 aromatic carbocycles. The van der Waals surface area contributed by atoms with Crippen LogP contribution in [-0.4, -0.2) is 76.8 Å². The van der Waals surface area contributed by atoms with Gasteiger partial charge in [0.2, 0.25) is 5.91 Å². The van der Waals surface area contributed by atoms with Crippen LogP contribution >= 0.6 is 0 Å². The van der Waals surface area contributed by atoms with Crippen molar-refractivity contribution in [2.75, 3.05) is 32.7 Å². The summed E-state index contributed by atoms with van der Waals surface area (Å²) in [6.45, 7) is 5.58. The molecule has 0 aromatic heterocycles. The Labute approximate surface area is 182 Å². The summed E-state index contributed by atoms with van der Waals surface area (Å²) < 4.78 is 13.8. The molecule has 0 saturated carbocycles. The largest absolute Gasteiger partial charge is 0.341 e. The normalized spacial score (nSPS) is 24.0. The van der Waals surface area contributed by atoms with Crippen LogP contribution in [0.15, 0.2) is 24.3 Å². The smallest absolute Gasteiger partial charge is 0.325 e. The molecule has 0 aliphatic carbocycles. The molecule has 4 amide bonds. The molecule has 4 rings (SSSR count). The quantitative estimate of drug-likeness (QED) is 0.727. The number of aryl methyl sites for hydroxylation is 1. The van der Waals surface area contributed by atoms with Gasteiger partial charge in [0.05, 0.1) is 6.04 Å². The van der Waals surface area contributed by atoms with Crippen LogP contribution in [0.4, 0.5) is 9.18 Å². The fourth-order valence-electron chi connectivity index (χ4n) is 5.06. The highest BCUT2D eigenvalue weighted by Gasteiger charge is 2.54. The first-order valence-corrected chi connectivity index (χ1v) is 11.3. The number of amides is 4. The number of hydrogen-bond donors (Lipinski definition) is 1. The number of hydrogen-bond acceptors (Lipinski definition) is 4. The van der Waals surface area contributed by atoms with Gasteiger partial charge in [0.15, 0.2) is 0 Å². The molecule has 1 unspecified atom stereocenters. The van der Waals surface area contributed by atoms with Gasteiger partial charge in [-0.25, -0.2) is 9.18 Å². The molecule has 3 fully saturated rings. The van der Waals surface area contributed by atoms with Gasteiger partial charge in [-0.05, 0) is 50.3 Å². The molecule has 7 nitrogen and oxygen atoms in total. The molecule has 3 aliphatic heterocycles. The first-order valence-electron chi connectivity index (χ1n) is 11.3. The predicted molar refractivity (Wildman–Crippen MR) is 114 cm³/mol. The number of piperidine rings is 2. The number of imide groups is 1. The summed E-state index contributed by atoms with van der Waals surface area (Å²) in [7, 11) is 0. The van der Waals surface area contributed by atoms with Crippen LogP contribution < -0.4 is 5.32 Å². The van der Waals surface area contributed by atoms with Crippen LogP contribution in [0.2, 0.25) is 0 Å². The van der Waals surface area contributed by atoms with Crippen LogP contribution in [0, 0.1) is 5.82 Å². The number of nitrogens with one attached hydrogen (secondary N) is 1. The second-order valence-corrected chi connectivity index (χ2v) is 8.85. The van der Waals surface area contributed by atoms with E-state index in [9.17, 15) is 18.8 Å². The summed E-state index contributed by atoms with van der Waals surface area (Å²) >= 11 is 0. The highest BCUT2D eigenvalue weighted by atomic mass is 19.1. The van der Waals surface area contributed by atoms with Crippen molar-refractivity contribution in [2.45, 2.75) is 57.0 Å². The van der Waals surface area contributed by atoms with E-state index in [0.29, 0.717) is 44.3 Å². The monoisotopic (exact) mass is 430 g/mol. The summed E-state index contributed by atoms with van der Waals surface area (Å²) in [5.41, 5.74) is -0.265. The third-order valence-electron chi connectivity index (χ3n) is 7.03. The minimum Gasteiger partial charge on any atom is -0.341 e. The number of likely N-dealkylation sites (tertiary alicyclic amines) is 2. The summed E-state index contributed by atoms with van der Waals surface area (Å²) in [5, 5.41) is 2.97. The Morgan fingerprint density at radius 1 is 1.19 bits per heavy atom. The topological polar surface area (TPSA) is 73.0 Å². The molecular formula is C23H31FN4O3. The van der Waals surface area contributed by atoms with Crippen molar-refractivity contribution in [3.05, 3.63) is 35.6 Å². The number of nitrogens with zero attached hydrogens (tertiary/aromatic N) is 3. The van der Waals surface area contributed by atoms with Gasteiger partial charge in [-0.2, -0.15) is 0 Å². The molecule has 3 aliphatic rings. The Morgan fingerprint density at radius 3 is 2.65 bits per heavy atom. The van der Waals surface area contributed by atoms with Crippen molar-refractivity contribution in [3.63, 3.8) is 0 Å². The average molecular weight is 431 g/mol. The second kappa shape index (κ2) is 8.94. The zero-order chi connectivity index (χ0) is 22.0. The molecule has 1 atom stereocenters. The van der Waals surface area contributed by atoms with E-state index >= 15 is 0 Å². The van der Waals surface area contributed by atoms with Gasteiger partial charge in [0.25, 0.3) is 5.91 Å². The van der Waals surface area contributed by atoms with Crippen molar-refractivity contribution >= 4 is 17.8 Å². The Hall–Kier alpha value is -2.48. The first kappa shape index (κ1) is 21.7. The van der Waals surface area contributed by atoms with E-state index in [0.717, 1.165) is 26.1 Å². The van der Waals surface area contributed by atoms with Crippen molar-refractivity contribution in [2.24, 2.45) is 0 Å². The molecule has 1 N–H and O–H groups in total. The highest BCUT2D eigenvalue weighted by molar-refractivity contribution is 6.07. The highest BCUT2D eigenvalue weighted by Crippen LogP contribution is 2.32. The van der Waals surface area contributed by atoms with E-state index in [-0.39, 0.29) is 36.1 Å². The van der Waals surface area contributed by atoms with Gasteiger partial charge in [-0.1, -0.05) is 25.1 Å². The summed E-state index contributed by atoms with van der Waals surface area (Å²) in [6, 6.07) is 5.85. The summed E-state index contributed by atoms with van der Waals surface area (Å²) in [6.07, 6.45) is 3.24. The zero-order valence-electron chi connectivity index (χ0n) is 18.1. The van der Waals surface area contributed by atoms with Crippen LogP contribution in [0.3, 0.4) is 0 Å². The van der Waals surface area contributed by atoms with Gasteiger partial charge in [-0.15, -0.1) is 0 Å². The fourth-order valence-corrected chi connectivity index (χ4v) is 5.06. The second-order valence-electron chi connectivity index (χ2n) is 8.85. The van der Waals surface area contributed by atoms with Crippen molar-refractivity contribution < 1.29 is 18.8 Å². The zero-order valence-corrected chi connectivity index (χ0v) is 18.1. The number of carbonyl (C=O) groups excluding carboxylic acids is 3. The Balaban J connectivity index is 1.38. The van der Waals surface area contributed by atoms with Gasteiger partial charge in [0.1, 0.15) is 11.4 Å². The van der Waals surface area contributed by atoms with Gasteiger partial charge in [0, 0.05) is 32.6 Å². The van der Waals surface area contributed by atoms with Gasteiger partial charge >= 0.3 is 6.03 Å². The Morgan fingerprint density at radius 2 is 1.94 bits per heavy atom. The predicted octanol–water partition coefficient (Wildman–Crippen LogP) is 2.16. The minimum absolute atomic E-state index is 0.0639. The van der Waals surface area contributed by atoms with E-state index in [4.69, 9.17) is 0 Å². The summed E-state index contributed by atoms with van der Waals surface area (Å²) in [5.74, 6) is -0.504. The first-order chi connectivity index (χ1) is 14.9. The number of urea groups is 1. The standard InChI is InChI=1S/C23H31FN4O3/c1-2-26-14-11-23(12-15-26)21(30)28(22(31)25-23)18-7-5-13-27(16-18)20(29)10-9-17-6-3-4-8-19(17)24/h3-4,6,8,18H,2,5,7,9-16H2,1H3,(H,25,31). The van der Waals surface area contributed by atoms with Crippen molar-refractivity contribution in [1.29, 1.82) is 0 Å². The maximum atomic E-state index is 13.8. The van der Waals surface area contributed by atoms with Crippen LogP contribution in [0.25, 0.3) is 0 Å². The SMILES string of the molecule is CCN1CCC2(CC1)NC(=O)N(C1CCCN(C(=O)CCc3ccccc3F)C1)C2=O. The lowest BCUT2D eigenvalue weighted by Crippen LogP contribution is -2.56. The van der Waals surface area contributed by atoms with E-state index in [1.807, 2.05) is 0 Å². The maximum absolute atomic E-state index is 13.8. The van der Waals surface area contributed by atoms with Crippen LogP contribution in [0.1, 0.15) is 44.6 Å². The lowest BCUT2D eigenvalue weighted by atomic mass is 9.87. The van der Waals surface area contributed by atoms with Crippen molar-refractivity contribution in [1.82, 2.24) is 20.0 Å². The molecule has 1 spiro atoms.